The average molecular weight is 559 g/mol. The molecule has 212 valence electrons. The maximum absolute atomic E-state index is 13.0. The number of aromatic nitrogens is 2. The third-order valence-corrected chi connectivity index (χ3v) is 7.31. The molecule has 0 spiro atoms. The Morgan fingerprint density at radius 2 is 1.97 bits per heavy atom. The zero-order valence-corrected chi connectivity index (χ0v) is 24.5. The van der Waals surface area contributed by atoms with Gasteiger partial charge in [0.2, 0.25) is 5.91 Å². The van der Waals surface area contributed by atoms with Gasteiger partial charge in [-0.1, -0.05) is 18.5 Å². The van der Waals surface area contributed by atoms with Crippen molar-refractivity contribution in [2.45, 2.75) is 40.2 Å². The molecule has 39 heavy (non-hydrogen) atoms. The molecule has 1 aliphatic rings. The van der Waals surface area contributed by atoms with E-state index in [9.17, 15) is 15.0 Å². The minimum absolute atomic E-state index is 0.0304. The molecule has 0 bridgehead atoms. The van der Waals surface area contributed by atoms with Gasteiger partial charge < -0.3 is 35.5 Å². The van der Waals surface area contributed by atoms with Gasteiger partial charge in [-0.3, -0.25) is 4.79 Å². The standard InChI is InChI=1S/C28H39ClN6O4/c1-8-28(27(38)34(6)7)14-35(15-28)26-16(2)24(23(17(3)30)18(4)36)32-25(33-26)21-11-20(9-10-22(21)29)39-13-19(37)12-31-5/h9-11,19,30-31,36-37H,8,12-15H2,1-7H3/b23-18+,30-17?/t19-/m1/s1. The SMILES string of the molecule is CCC1(C(=O)N(C)C)CN(c2nc(-c3cc(OC[C@H](O)CNC)ccc3Cl)nc(/C(C(C)=N)=C(\C)O)c2C)C1. The molecule has 11 heteroatoms. The Balaban J connectivity index is 2.12. The Labute approximate surface area is 235 Å². The highest BCUT2D eigenvalue weighted by Crippen LogP contribution is 2.41. The van der Waals surface area contributed by atoms with E-state index in [1.54, 1.807) is 51.2 Å². The first-order valence-corrected chi connectivity index (χ1v) is 13.3. The molecule has 0 aliphatic carbocycles. The van der Waals surface area contributed by atoms with E-state index in [2.05, 4.69) is 5.32 Å². The highest BCUT2D eigenvalue weighted by molar-refractivity contribution is 6.33. The number of ether oxygens (including phenoxy) is 1. The third-order valence-electron chi connectivity index (χ3n) is 6.98. The number of likely N-dealkylation sites (N-methyl/N-ethyl adjacent to an activating group) is 1. The number of carbonyl (C=O) groups is 1. The Morgan fingerprint density at radius 1 is 1.31 bits per heavy atom. The van der Waals surface area contributed by atoms with Crippen molar-refractivity contribution in [1.82, 2.24) is 20.2 Å². The Bertz CT molecular complexity index is 1270. The molecule has 1 fully saturated rings. The highest BCUT2D eigenvalue weighted by atomic mass is 35.5. The van der Waals surface area contributed by atoms with Crippen molar-refractivity contribution in [3.63, 3.8) is 0 Å². The first-order valence-electron chi connectivity index (χ1n) is 12.9. The van der Waals surface area contributed by atoms with Crippen molar-refractivity contribution in [3.05, 3.63) is 40.2 Å². The number of carbonyl (C=O) groups excluding carboxylic acids is 1. The van der Waals surface area contributed by atoms with Crippen molar-refractivity contribution in [1.29, 1.82) is 5.41 Å². The first kappa shape index (κ1) is 30.3. The second-order valence-electron chi connectivity index (χ2n) is 10.3. The van der Waals surface area contributed by atoms with E-state index in [0.717, 1.165) is 0 Å². The van der Waals surface area contributed by atoms with Crippen molar-refractivity contribution < 1.29 is 19.7 Å². The zero-order chi connectivity index (χ0) is 29.1. The molecule has 4 N–H and O–H groups in total. The van der Waals surface area contributed by atoms with E-state index in [0.29, 0.717) is 70.9 Å². The van der Waals surface area contributed by atoms with E-state index in [1.807, 2.05) is 18.7 Å². The predicted molar refractivity (Wildman–Crippen MR) is 155 cm³/mol. The maximum Gasteiger partial charge on any atom is 0.231 e. The fourth-order valence-corrected chi connectivity index (χ4v) is 5.07. The monoisotopic (exact) mass is 558 g/mol. The zero-order valence-electron chi connectivity index (χ0n) is 23.7. The van der Waals surface area contributed by atoms with Gasteiger partial charge in [-0.25, -0.2) is 9.97 Å². The number of halogens is 1. The number of nitrogens with one attached hydrogen (secondary N) is 2. The summed E-state index contributed by atoms with van der Waals surface area (Å²) >= 11 is 6.60. The van der Waals surface area contributed by atoms with Crippen LogP contribution in [0.4, 0.5) is 5.82 Å². The summed E-state index contributed by atoms with van der Waals surface area (Å²) < 4.78 is 5.78. The number of hydrogen-bond acceptors (Lipinski definition) is 9. The number of benzene rings is 1. The quantitative estimate of drug-likeness (QED) is 0.242. The second-order valence-corrected chi connectivity index (χ2v) is 10.7. The van der Waals surface area contributed by atoms with Crippen LogP contribution < -0.4 is 15.0 Å². The van der Waals surface area contributed by atoms with Crippen LogP contribution in [0, 0.1) is 17.7 Å². The van der Waals surface area contributed by atoms with E-state index in [4.69, 9.17) is 31.7 Å². The predicted octanol–water partition coefficient (Wildman–Crippen LogP) is 3.70. The minimum atomic E-state index is -0.686. The molecular weight excluding hydrogens is 520 g/mol. The van der Waals surface area contributed by atoms with Crippen LogP contribution in [0.2, 0.25) is 5.02 Å². The molecule has 3 rings (SSSR count). The van der Waals surface area contributed by atoms with Crippen LogP contribution in [0.3, 0.4) is 0 Å². The Kier molecular flexibility index (Phi) is 9.58. The lowest BCUT2D eigenvalue weighted by molar-refractivity contribution is -0.141. The number of anilines is 1. The van der Waals surface area contributed by atoms with Crippen LogP contribution in [-0.2, 0) is 4.79 Å². The lowest BCUT2D eigenvalue weighted by atomic mass is 9.76. The van der Waals surface area contributed by atoms with Crippen LogP contribution >= 0.6 is 11.6 Å². The van der Waals surface area contributed by atoms with Crippen LogP contribution in [0.25, 0.3) is 17.0 Å². The minimum Gasteiger partial charge on any atom is -0.512 e. The molecule has 1 amide bonds. The number of aliphatic hydroxyl groups is 2. The molecule has 1 aromatic carbocycles. The van der Waals surface area contributed by atoms with Gasteiger partial charge in [-0.2, -0.15) is 0 Å². The maximum atomic E-state index is 13.0. The Morgan fingerprint density at radius 3 is 2.51 bits per heavy atom. The topological polar surface area (TPSA) is 135 Å². The van der Waals surface area contributed by atoms with Gasteiger partial charge in [0.15, 0.2) is 5.82 Å². The largest absolute Gasteiger partial charge is 0.512 e. The molecule has 2 aromatic rings. The van der Waals surface area contributed by atoms with Crippen LogP contribution in [-0.4, -0.2) is 90.2 Å². The fourth-order valence-electron chi connectivity index (χ4n) is 4.87. The lowest BCUT2D eigenvalue weighted by Gasteiger charge is -2.50. The highest BCUT2D eigenvalue weighted by Gasteiger charge is 2.49. The van der Waals surface area contributed by atoms with Gasteiger partial charge in [-0.05, 0) is 52.4 Å². The summed E-state index contributed by atoms with van der Waals surface area (Å²) in [6, 6.07) is 5.09. The molecule has 0 unspecified atom stereocenters. The first-order chi connectivity index (χ1) is 18.3. The average Bonchev–Trinajstić information content (AvgIpc) is 2.84. The van der Waals surface area contributed by atoms with E-state index in [1.165, 1.54) is 6.92 Å². The van der Waals surface area contributed by atoms with E-state index in [-0.39, 0.29) is 24.0 Å². The smallest absolute Gasteiger partial charge is 0.231 e. The molecule has 10 nitrogen and oxygen atoms in total. The molecule has 1 atom stereocenters. The second kappa shape index (κ2) is 12.3. The number of aliphatic hydroxyl groups excluding tert-OH is 2. The van der Waals surface area contributed by atoms with Gasteiger partial charge in [0.05, 0.1) is 21.7 Å². The van der Waals surface area contributed by atoms with Crippen molar-refractivity contribution >= 4 is 34.6 Å². The van der Waals surface area contributed by atoms with Gasteiger partial charge in [0.25, 0.3) is 0 Å². The molecule has 1 aliphatic heterocycles. The number of rotatable bonds is 11. The van der Waals surface area contributed by atoms with Gasteiger partial charge in [0, 0.05) is 50.6 Å². The molecule has 1 aromatic heterocycles. The lowest BCUT2D eigenvalue weighted by Crippen LogP contribution is -2.63. The molecular formula is C28H39ClN6O4. The van der Waals surface area contributed by atoms with E-state index >= 15 is 0 Å². The summed E-state index contributed by atoms with van der Waals surface area (Å²) in [4.78, 5) is 26.2. The summed E-state index contributed by atoms with van der Waals surface area (Å²) in [5.41, 5.74) is 1.57. The van der Waals surface area contributed by atoms with Crippen LogP contribution in [0.1, 0.15) is 38.4 Å². The van der Waals surface area contributed by atoms with Crippen molar-refractivity contribution in [3.8, 4) is 17.1 Å². The summed E-state index contributed by atoms with van der Waals surface area (Å²) in [6.07, 6.45) is 0.00373. The normalized spacial score (nSPS) is 15.8. The Hall–Kier alpha value is -3.21. The third kappa shape index (κ3) is 6.34. The molecule has 0 radical (unpaired) electrons. The van der Waals surface area contributed by atoms with E-state index < -0.39 is 11.5 Å². The fraction of sp³-hybridized carbons (Fsp3) is 0.500. The van der Waals surface area contributed by atoms with Crippen molar-refractivity contribution in [2.75, 3.05) is 52.3 Å². The molecule has 0 saturated carbocycles. The molecule has 1 saturated heterocycles. The van der Waals surface area contributed by atoms with Gasteiger partial charge >= 0.3 is 0 Å². The van der Waals surface area contributed by atoms with Gasteiger partial charge in [0.1, 0.15) is 30.0 Å². The summed E-state index contributed by atoms with van der Waals surface area (Å²) in [5.74, 6) is 1.43. The van der Waals surface area contributed by atoms with Crippen LogP contribution in [0.5, 0.6) is 5.75 Å². The summed E-state index contributed by atoms with van der Waals surface area (Å²) in [7, 11) is 5.27. The van der Waals surface area contributed by atoms with Gasteiger partial charge in [-0.15, -0.1) is 0 Å². The van der Waals surface area contributed by atoms with Crippen LogP contribution in [0.15, 0.2) is 24.0 Å². The number of amides is 1. The number of nitrogens with zero attached hydrogens (tertiary/aromatic N) is 4. The summed E-state index contributed by atoms with van der Waals surface area (Å²) in [6.45, 7) is 8.42. The van der Waals surface area contributed by atoms with Crippen molar-refractivity contribution in [2.24, 2.45) is 5.41 Å². The summed E-state index contributed by atoms with van der Waals surface area (Å²) in [5, 5.41) is 32.1. The molecule has 2 heterocycles. The number of allylic oxidation sites excluding steroid dienone is 2. The number of hydrogen-bond donors (Lipinski definition) is 4.